The molecule has 2 aromatic carbocycles. The van der Waals surface area contributed by atoms with E-state index in [1.165, 1.54) is 0 Å². The first-order valence-corrected chi connectivity index (χ1v) is 12.1. The summed E-state index contributed by atoms with van der Waals surface area (Å²) in [4.78, 5) is 40.4. The van der Waals surface area contributed by atoms with Gasteiger partial charge in [-0.25, -0.2) is 4.79 Å². The van der Waals surface area contributed by atoms with Crippen molar-refractivity contribution >= 4 is 35.1 Å². The molecular weight excluding hydrogens is 472 g/mol. The lowest BCUT2D eigenvalue weighted by Gasteiger charge is -2.35. The van der Waals surface area contributed by atoms with Crippen molar-refractivity contribution in [1.29, 1.82) is 0 Å². The topological polar surface area (TPSA) is 109 Å². The molecule has 0 spiro atoms. The Labute approximate surface area is 209 Å². The summed E-state index contributed by atoms with van der Waals surface area (Å²) in [5, 5.41) is 9.20. The molecule has 2 aliphatic heterocycles. The van der Waals surface area contributed by atoms with Gasteiger partial charge in [0.25, 0.3) is 5.91 Å². The molecule has 35 heavy (non-hydrogen) atoms. The van der Waals surface area contributed by atoms with E-state index in [0.717, 1.165) is 6.42 Å². The van der Waals surface area contributed by atoms with Crippen molar-refractivity contribution in [3.05, 3.63) is 53.1 Å². The second-order valence-electron chi connectivity index (χ2n) is 8.58. The number of amides is 4. The number of ether oxygens (including phenoxy) is 2. The summed E-state index contributed by atoms with van der Waals surface area (Å²) in [6.45, 7) is 3.54. The van der Waals surface area contributed by atoms with Crippen molar-refractivity contribution in [2.45, 2.75) is 32.2 Å². The van der Waals surface area contributed by atoms with Gasteiger partial charge in [0, 0.05) is 35.9 Å². The molecule has 0 saturated carbocycles. The van der Waals surface area contributed by atoms with Crippen molar-refractivity contribution in [1.82, 2.24) is 15.5 Å². The number of likely N-dealkylation sites (tertiary alicyclic amines) is 1. The number of hydrogen-bond donors (Lipinski definition) is 3. The molecule has 2 aliphatic rings. The fourth-order valence-corrected chi connectivity index (χ4v) is 4.41. The van der Waals surface area contributed by atoms with E-state index in [4.69, 9.17) is 21.1 Å². The van der Waals surface area contributed by atoms with Gasteiger partial charge in [0.05, 0.1) is 0 Å². The summed E-state index contributed by atoms with van der Waals surface area (Å²) >= 11 is 6.00. The van der Waals surface area contributed by atoms with E-state index in [1.54, 1.807) is 47.4 Å². The Balaban J connectivity index is 1.39. The maximum atomic E-state index is 13.0. The average molecular weight is 501 g/mol. The van der Waals surface area contributed by atoms with Crippen molar-refractivity contribution in [3.63, 3.8) is 0 Å². The highest BCUT2D eigenvalue weighted by Gasteiger charge is 2.34. The van der Waals surface area contributed by atoms with E-state index in [-0.39, 0.29) is 30.6 Å². The molecular formula is C25H29ClN4O5. The summed E-state index contributed by atoms with van der Waals surface area (Å²) in [6.07, 6.45) is 1.94. The van der Waals surface area contributed by atoms with Crippen molar-refractivity contribution in [3.8, 4) is 11.5 Å². The molecule has 0 radical (unpaired) electrons. The normalized spacial score (nSPS) is 15.9. The molecule has 2 aromatic rings. The molecule has 2 heterocycles. The number of urea groups is 1. The zero-order chi connectivity index (χ0) is 24.8. The summed E-state index contributed by atoms with van der Waals surface area (Å²) in [7, 11) is 0. The number of anilines is 1. The number of fused-ring (bicyclic) bond motifs is 1. The Bertz CT molecular complexity index is 1090. The fourth-order valence-electron chi connectivity index (χ4n) is 4.22. The Morgan fingerprint density at radius 1 is 1.09 bits per heavy atom. The maximum Gasteiger partial charge on any atom is 0.321 e. The second kappa shape index (κ2) is 11.3. The van der Waals surface area contributed by atoms with Crippen LogP contribution in [0.1, 0.15) is 36.5 Å². The zero-order valence-electron chi connectivity index (χ0n) is 19.5. The highest BCUT2D eigenvalue weighted by molar-refractivity contribution is 6.30. The Hall–Kier alpha value is -3.46. The van der Waals surface area contributed by atoms with E-state index in [0.29, 0.717) is 60.2 Å². The van der Waals surface area contributed by atoms with Crippen molar-refractivity contribution in [2.75, 3.05) is 31.7 Å². The van der Waals surface area contributed by atoms with Gasteiger partial charge in [0.1, 0.15) is 6.04 Å². The third-order valence-corrected chi connectivity index (χ3v) is 6.36. The Morgan fingerprint density at radius 3 is 2.60 bits per heavy atom. The van der Waals surface area contributed by atoms with Gasteiger partial charge in [-0.05, 0) is 61.6 Å². The van der Waals surface area contributed by atoms with E-state index in [9.17, 15) is 14.4 Å². The Kier molecular flexibility index (Phi) is 7.97. The number of rotatable bonds is 7. The van der Waals surface area contributed by atoms with Crippen LogP contribution in [-0.4, -0.2) is 55.2 Å². The van der Waals surface area contributed by atoms with Crippen LogP contribution in [0.5, 0.6) is 11.5 Å². The third kappa shape index (κ3) is 6.16. The van der Waals surface area contributed by atoms with Crippen LogP contribution in [0.15, 0.2) is 42.5 Å². The highest BCUT2D eigenvalue weighted by atomic mass is 35.5. The molecule has 1 atom stereocenters. The monoisotopic (exact) mass is 500 g/mol. The Morgan fingerprint density at radius 2 is 1.86 bits per heavy atom. The molecule has 0 bridgehead atoms. The van der Waals surface area contributed by atoms with Crippen LogP contribution in [0, 0.1) is 5.92 Å². The molecule has 0 unspecified atom stereocenters. The fraction of sp³-hybridized carbons (Fsp3) is 0.400. The van der Waals surface area contributed by atoms with Crippen molar-refractivity contribution in [2.24, 2.45) is 5.92 Å². The predicted octanol–water partition coefficient (Wildman–Crippen LogP) is 3.64. The van der Waals surface area contributed by atoms with Crippen molar-refractivity contribution < 1.29 is 23.9 Å². The third-order valence-electron chi connectivity index (χ3n) is 6.13. The zero-order valence-corrected chi connectivity index (χ0v) is 20.3. The largest absolute Gasteiger partial charge is 0.454 e. The number of piperidine rings is 1. The van der Waals surface area contributed by atoms with Gasteiger partial charge in [-0.15, -0.1) is 0 Å². The standard InChI is InChI=1S/C25H29ClN4O5/c1-2-10-27-24(32)22(29-23(31)17-6-7-20-21(13-17)35-15-34-20)16-8-11-30(12-9-16)25(33)28-19-5-3-4-18(26)14-19/h3-7,13-14,16,22H,2,8-12,15H2,1H3,(H,27,32)(H,28,33)(H,29,31)/t22-/m1/s1. The molecule has 3 N–H and O–H groups in total. The number of benzene rings is 2. The number of hydrogen-bond acceptors (Lipinski definition) is 5. The van der Waals surface area contributed by atoms with E-state index < -0.39 is 6.04 Å². The number of carbonyl (C=O) groups is 3. The first-order valence-electron chi connectivity index (χ1n) is 11.7. The first-order chi connectivity index (χ1) is 16.9. The molecule has 186 valence electrons. The summed E-state index contributed by atoms with van der Waals surface area (Å²) in [5.41, 5.74) is 1.01. The minimum Gasteiger partial charge on any atom is -0.454 e. The molecule has 0 aromatic heterocycles. The molecule has 4 rings (SSSR count). The van der Waals surface area contributed by atoms with Gasteiger partial charge in [-0.3, -0.25) is 9.59 Å². The second-order valence-corrected chi connectivity index (χ2v) is 9.01. The average Bonchev–Trinajstić information content (AvgIpc) is 3.34. The van der Waals surface area contributed by atoms with Gasteiger partial charge < -0.3 is 30.3 Å². The lowest BCUT2D eigenvalue weighted by atomic mass is 9.88. The van der Waals surface area contributed by atoms with Gasteiger partial charge >= 0.3 is 6.03 Å². The minimum absolute atomic E-state index is 0.111. The van der Waals surface area contributed by atoms with Crippen LogP contribution >= 0.6 is 11.6 Å². The molecule has 9 nitrogen and oxygen atoms in total. The number of carbonyl (C=O) groups excluding carboxylic acids is 3. The quantitative estimate of drug-likeness (QED) is 0.538. The van der Waals surface area contributed by atoms with Crippen LogP contribution < -0.4 is 25.4 Å². The minimum atomic E-state index is -0.711. The lowest BCUT2D eigenvalue weighted by molar-refractivity contribution is -0.124. The molecule has 0 aliphatic carbocycles. The van der Waals surface area contributed by atoms with Gasteiger partial charge in [-0.2, -0.15) is 0 Å². The number of nitrogens with one attached hydrogen (secondary N) is 3. The first kappa shape index (κ1) is 24.7. The maximum absolute atomic E-state index is 13.0. The van der Waals surface area contributed by atoms with Crippen LogP contribution in [0.2, 0.25) is 5.02 Å². The van der Waals surface area contributed by atoms with Gasteiger partial charge in [0.2, 0.25) is 12.7 Å². The summed E-state index contributed by atoms with van der Waals surface area (Å²) in [5.74, 6) is 0.398. The predicted molar refractivity (Wildman–Crippen MR) is 132 cm³/mol. The number of halogens is 1. The SMILES string of the molecule is CCCNC(=O)[C@H](NC(=O)c1ccc2c(c1)OCO2)C1CCN(C(=O)Nc2cccc(Cl)c2)CC1. The van der Waals surface area contributed by atoms with Crippen LogP contribution in [0.25, 0.3) is 0 Å². The van der Waals surface area contributed by atoms with Crippen LogP contribution in [0.3, 0.4) is 0 Å². The van der Waals surface area contributed by atoms with Crippen LogP contribution in [-0.2, 0) is 4.79 Å². The summed E-state index contributed by atoms with van der Waals surface area (Å²) < 4.78 is 10.7. The molecule has 1 fully saturated rings. The van der Waals surface area contributed by atoms with E-state index >= 15 is 0 Å². The van der Waals surface area contributed by atoms with Crippen LogP contribution in [0.4, 0.5) is 10.5 Å². The lowest BCUT2D eigenvalue weighted by Crippen LogP contribution is -2.54. The van der Waals surface area contributed by atoms with Gasteiger partial charge in [0.15, 0.2) is 11.5 Å². The highest BCUT2D eigenvalue weighted by Crippen LogP contribution is 2.32. The molecule has 1 saturated heterocycles. The van der Waals surface area contributed by atoms with E-state index in [2.05, 4.69) is 16.0 Å². The smallest absolute Gasteiger partial charge is 0.321 e. The summed E-state index contributed by atoms with van der Waals surface area (Å²) in [6, 6.07) is 11.0. The molecule has 4 amide bonds. The van der Waals surface area contributed by atoms with E-state index in [1.807, 2.05) is 6.92 Å². The number of nitrogens with zero attached hydrogens (tertiary/aromatic N) is 1. The van der Waals surface area contributed by atoms with Gasteiger partial charge in [-0.1, -0.05) is 24.6 Å². The molecule has 10 heteroatoms.